The van der Waals surface area contributed by atoms with E-state index in [9.17, 15) is 0 Å². The molecule has 0 N–H and O–H groups in total. The van der Waals surface area contributed by atoms with E-state index >= 15 is 0 Å². The molecule has 1 aromatic carbocycles. The third-order valence-corrected chi connectivity index (χ3v) is 3.92. The molecule has 18 heavy (non-hydrogen) atoms. The molecule has 1 heterocycles. The molecule has 1 aromatic rings. The minimum Gasteiger partial charge on any atom is -0.481 e. The molecule has 0 spiro atoms. The Kier molecular flexibility index (Phi) is 2.84. The molecule has 98 valence electrons. The van der Waals surface area contributed by atoms with Crippen molar-refractivity contribution >= 4 is 6.08 Å². The standard InChI is InChI=1S/C17H24O/c1-15(2,3)17(16(4,5)6)12-11-13-9-7-8-10-14(13)18-17/h7-12H,1-6H3. The molecule has 1 nitrogen and oxygen atoms in total. The molecule has 0 fully saturated rings. The van der Waals surface area contributed by atoms with Gasteiger partial charge in [-0.05, 0) is 12.1 Å². The maximum atomic E-state index is 6.46. The van der Waals surface area contributed by atoms with Crippen molar-refractivity contribution < 1.29 is 4.74 Å². The number of ether oxygens (including phenoxy) is 1. The Hall–Kier alpha value is -1.24. The molecular weight excluding hydrogens is 220 g/mol. The second-order valence-electron chi connectivity index (χ2n) is 7.21. The van der Waals surface area contributed by atoms with Gasteiger partial charge in [0.15, 0.2) is 0 Å². The zero-order valence-electron chi connectivity index (χ0n) is 12.4. The van der Waals surface area contributed by atoms with Gasteiger partial charge in [-0.3, -0.25) is 0 Å². The predicted molar refractivity (Wildman–Crippen MR) is 77.7 cm³/mol. The van der Waals surface area contributed by atoms with Crippen LogP contribution in [0.4, 0.5) is 0 Å². The zero-order valence-corrected chi connectivity index (χ0v) is 12.4. The van der Waals surface area contributed by atoms with Crippen LogP contribution in [0.25, 0.3) is 6.08 Å². The van der Waals surface area contributed by atoms with Crippen LogP contribution in [-0.4, -0.2) is 5.60 Å². The van der Waals surface area contributed by atoms with Gasteiger partial charge in [0.1, 0.15) is 11.4 Å². The van der Waals surface area contributed by atoms with E-state index in [1.807, 2.05) is 12.1 Å². The highest BCUT2D eigenvalue weighted by Crippen LogP contribution is 2.50. The summed E-state index contributed by atoms with van der Waals surface area (Å²) in [6.45, 7) is 13.5. The van der Waals surface area contributed by atoms with Gasteiger partial charge in [-0.25, -0.2) is 0 Å². The van der Waals surface area contributed by atoms with Gasteiger partial charge in [-0.2, -0.15) is 0 Å². The first-order valence-corrected chi connectivity index (χ1v) is 6.65. The van der Waals surface area contributed by atoms with Crippen molar-refractivity contribution in [3.05, 3.63) is 35.9 Å². The minimum atomic E-state index is -0.283. The van der Waals surface area contributed by atoms with E-state index in [2.05, 4.69) is 65.8 Å². The van der Waals surface area contributed by atoms with E-state index in [0.717, 1.165) is 5.75 Å². The summed E-state index contributed by atoms with van der Waals surface area (Å²) in [4.78, 5) is 0. The van der Waals surface area contributed by atoms with Gasteiger partial charge in [-0.15, -0.1) is 0 Å². The summed E-state index contributed by atoms with van der Waals surface area (Å²) in [5.74, 6) is 0.991. The number of hydrogen-bond acceptors (Lipinski definition) is 1. The van der Waals surface area contributed by atoms with E-state index in [0.29, 0.717) is 0 Å². The van der Waals surface area contributed by atoms with Crippen LogP contribution in [0, 0.1) is 10.8 Å². The lowest BCUT2D eigenvalue weighted by Gasteiger charge is -2.52. The lowest BCUT2D eigenvalue weighted by molar-refractivity contribution is -0.0753. The van der Waals surface area contributed by atoms with Crippen LogP contribution in [0.1, 0.15) is 47.1 Å². The normalized spacial score (nSPS) is 18.1. The smallest absolute Gasteiger partial charge is 0.137 e. The number of hydrogen-bond donors (Lipinski definition) is 0. The lowest BCUT2D eigenvalue weighted by atomic mass is 9.61. The molecule has 1 heteroatoms. The second kappa shape index (κ2) is 3.88. The maximum Gasteiger partial charge on any atom is 0.137 e. The molecule has 0 amide bonds. The fourth-order valence-corrected chi connectivity index (χ4v) is 3.06. The van der Waals surface area contributed by atoms with Crippen LogP contribution in [0.2, 0.25) is 0 Å². The maximum absolute atomic E-state index is 6.46. The topological polar surface area (TPSA) is 9.23 Å². The molecule has 1 aliphatic rings. The molecule has 0 aromatic heterocycles. The summed E-state index contributed by atoms with van der Waals surface area (Å²) >= 11 is 0. The molecule has 0 aliphatic carbocycles. The first kappa shape index (κ1) is 13.2. The Balaban J connectivity index is 2.56. The highest BCUT2D eigenvalue weighted by atomic mass is 16.5. The van der Waals surface area contributed by atoms with Crippen LogP contribution in [-0.2, 0) is 0 Å². The molecule has 0 saturated heterocycles. The third kappa shape index (κ3) is 1.86. The average Bonchev–Trinajstić information content (AvgIpc) is 2.25. The van der Waals surface area contributed by atoms with Crippen molar-refractivity contribution in [1.82, 2.24) is 0 Å². The minimum absolute atomic E-state index is 0.0370. The van der Waals surface area contributed by atoms with Gasteiger partial charge in [-0.1, -0.05) is 65.8 Å². The number of para-hydroxylation sites is 1. The van der Waals surface area contributed by atoms with Crippen LogP contribution >= 0.6 is 0 Å². The summed E-state index contributed by atoms with van der Waals surface area (Å²) in [7, 11) is 0. The molecule has 2 rings (SSSR count). The highest BCUT2D eigenvalue weighted by Gasteiger charge is 2.52. The zero-order chi connectivity index (χ0) is 13.6. The fraction of sp³-hybridized carbons (Fsp3) is 0.529. The second-order valence-corrected chi connectivity index (χ2v) is 7.21. The number of rotatable bonds is 0. The van der Waals surface area contributed by atoms with Gasteiger partial charge in [0.25, 0.3) is 0 Å². The Labute approximate surface area is 111 Å². The van der Waals surface area contributed by atoms with Crippen molar-refractivity contribution in [3.63, 3.8) is 0 Å². The lowest BCUT2D eigenvalue weighted by Crippen LogP contribution is -2.56. The Bertz CT molecular complexity index is 455. The van der Waals surface area contributed by atoms with Gasteiger partial charge in [0, 0.05) is 16.4 Å². The van der Waals surface area contributed by atoms with Gasteiger partial charge in [0.05, 0.1) is 0 Å². The monoisotopic (exact) mass is 244 g/mol. The van der Waals surface area contributed by atoms with Crippen molar-refractivity contribution in [3.8, 4) is 5.75 Å². The predicted octanol–water partition coefficient (Wildman–Crippen LogP) is 4.92. The Morgan fingerprint density at radius 1 is 0.889 bits per heavy atom. The summed E-state index contributed by atoms with van der Waals surface area (Å²) in [6.07, 6.45) is 4.45. The Morgan fingerprint density at radius 2 is 1.44 bits per heavy atom. The summed E-state index contributed by atoms with van der Waals surface area (Å²) in [5, 5.41) is 0. The molecule has 0 saturated carbocycles. The highest BCUT2D eigenvalue weighted by molar-refractivity contribution is 5.61. The van der Waals surface area contributed by atoms with Crippen molar-refractivity contribution in [2.75, 3.05) is 0 Å². The number of fused-ring (bicyclic) bond motifs is 1. The third-order valence-electron chi connectivity index (χ3n) is 3.92. The quantitative estimate of drug-likeness (QED) is 0.629. The molecule has 1 aliphatic heterocycles. The summed E-state index contributed by atoms with van der Waals surface area (Å²) in [6, 6.07) is 8.24. The van der Waals surface area contributed by atoms with Crippen LogP contribution in [0.15, 0.2) is 30.3 Å². The first-order chi connectivity index (χ1) is 8.17. The number of benzene rings is 1. The average molecular weight is 244 g/mol. The van der Waals surface area contributed by atoms with Gasteiger partial charge < -0.3 is 4.74 Å². The van der Waals surface area contributed by atoms with E-state index < -0.39 is 0 Å². The molecule has 0 unspecified atom stereocenters. The van der Waals surface area contributed by atoms with Crippen LogP contribution in [0.3, 0.4) is 0 Å². The van der Waals surface area contributed by atoms with E-state index in [4.69, 9.17) is 4.74 Å². The summed E-state index contributed by atoms with van der Waals surface area (Å²) in [5.41, 5.74) is 0.959. The van der Waals surface area contributed by atoms with Crippen LogP contribution < -0.4 is 4.74 Å². The van der Waals surface area contributed by atoms with Gasteiger partial charge >= 0.3 is 0 Å². The summed E-state index contributed by atoms with van der Waals surface area (Å²) < 4.78 is 6.46. The Morgan fingerprint density at radius 3 is 2.00 bits per heavy atom. The van der Waals surface area contributed by atoms with E-state index in [-0.39, 0.29) is 16.4 Å². The molecule has 0 bridgehead atoms. The van der Waals surface area contributed by atoms with Crippen molar-refractivity contribution in [2.24, 2.45) is 10.8 Å². The van der Waals surface area contributed by atoms with Crippen LogP contribution in [0.5, 0.6) is 5.75 Å². The first-order valence-electron chi connectivity index (χ1n) is 6.65. The molecular formula is C17H24O. The largest absolute Gasteiger partial charge is 0.481 e. The fourth-order valence-electron chi connectivity index (χ4n) is 3.06. The van der Waals surface area contributed by atoms with E-state index in [1.54, 1.807) is 0 Å². The SMILES string of the molecule is CC(C)(C)C1(C(C)(C)C)C=Cc2ccccc2O1. The molecule has 0 atom stereocenters. The van der Waals surface area contributed by atoms with Gasteiger partial charge in [0.2, 0.25) is 0 Å². The van der Waals surface area contributed by atoms with Crippen molar-refractivity contribution in [2.45, 2.75) is 47.1 Å². The molecule has 0 radical (unpaired) electrons. The van der Waals surface area contributed by atoms with Crippen molar-refractivity contribution in [1.29, 1.82) is 0 Å². The van der Waals surface area contributed by atoms with E-state index in [1.165, 1.54) is 5.56 Å².